The number of carbonyl (C=O) groups excluding carboxylic acids is 1. The minimum atomic E-state index is -0.194. The number of aromatic nitrogens is 3. The molecule has 3 rings (SSSR count). The summed E-state index contributed by atoms with van der Waals surface area (Å²) in [5.41, 5.74) is 8.58. The van der Waals surface area contributed by atoms with Crippen molar-refractivity contribution < 1.29 is 4.79 Å². The van der Waals surface area contributed by atoms with E-state index in [2.05, 4.69) is 53.6 Å². The van der Waals surface area contributed by atoms with Crippen LogP contribution in [0.5, 0.6) is 0 Å². The average molecular weight is 341 g/mol. The van der Waals surface area contributed by atoms with Gasteiger partial charge in [-0.05, 0) is 30.4 Å². The van der Waals surface area contributed by atoms with Gasteiger partial charge in [0.2, 0.25) is 5.91 Å². The fraction of sp³-hybridized carbons (Fsp3) is 0.526. The zero-order chi connectivity index (χ0) is 18.0. The average Bonchev–Trinajstić information content (AvgIpc) is 3.00. The molecule has 25 heavy (non-hydrogen) atoms. The lowest BCUT2D eigenvalue weighted by Gasteiger charge is -2.24. The van der Waals surface area contributed by atoms with Gasteiger partial charge in [0.25, 0.3) is 0 Å². The summed E-state index contributed by atoms with van der Waals surface area (Å²) in [5, 5.41) is 11.2. The van der Waals surface area contributed by atoms with Gasteiger partial charge in [-0.15, -0.1) is 10.2 Å². The van der Waals surface area contributed by atoms with Crippen LogP contribution in [-0.2, 0) is 17.8 Å². The van der Waals surface area contributed by atoms with Crippen molar-refractivity contribution in [3.05, 3.63) is 47.0 Å². The first kappa shape index (κ1) is 17.6. The minimum absolute atomic E-state index is 0.0438. The number of fused-ring (bicyclic) bond motifs is 1. The Morgan fingerprint density at radius 1 is 1.28 bits per heavy atom. The van der Waals surface area contributed by atoms with Gasteiger partial charge in [0.1, 0.15) is 11.6 Å². The van der Waals surface area contributed by atoms with E-state index in [-0.39, 0.29) is 17.9 Å². The molecule has 2 aromatic rings. The maximum atomic E-state index is 12.5. The van der Waals surface area contributed by atoms with Crippen LogP contribution in [0.1, 0.15) is 55.0 Å². The van der Waals surface area contributed by atoms with Crippen molar-refractivity contribution in [3.63, 3.8) is 0 Å². The normalized spacial score (nSPS) is 18.0. The second kappa shape index (κ2) is 7.35. The first-order chi connectivity index (χ1) is 12.0. The van der Waals surface area contributed by atoms with Crippen LogP contribution < -0.4 is 11.1 Å². The summed E-state index contributed by atoms with van der Waals surface area (Å²) in [6, 6.07) is 8.14. The van der Waals surface area contributed by atoms with Crippen LogP contribution in [0.2, 0.25) is 0 Å². The molecule has 1 aliphatic heterocycles. The second-order valence-corrected chi connectivity index (χ2v) is 7.18. The lowest BCUT2D eigenvalue weighted by atomic mass is 9.97. The molecule has 0 spiro atoms. The van der Waals surface area contributed by atoms with Crippen LogP contribution in [0.15, 0.2) is 24.3 Å². The second-order valence-electron chi connectivity index (χ2n) is 7.18. The molecule has 2 heterocycles. The Morgan fingerprint density at radius 3 is 2.64 bits per heavy atom. The summed E-state index contributed by atoms with van der Waals surface area (Å²) in [7, 11) is 0. The third-order valence-electron chi connectivity index (χ3n) is 5.03. The molecule has 6 nitrogen and oxygen atoms in total. The molecule has 0 saturated carbocycles. The lowest BCUT2D eigenvalue weighted by molar-refractivity contribution is -0.126. The predicted octanol–water partition coefficient (Wildman–Crippen LogP) is 2.09. The van der Waals surface area contributed by atoms with Crippen molar-refractivity contribution in [3.8, 4) is 0 Å². The molecule has 0 radical (unpaired) electrons. The van der Waals surface area contributed by atoms with Crippen molar-refractivity contribution in [1.29, 1.82) is 0 Å². The summed E-state index contributed by atoms with van der Waals surface area (Å²) < 4.78 is 2.04. The maximum absolute atomic E-state index is 12.5. The van der Waals surface area contributed by atoms with Crippen LogP contribution in [0, 0.1) is 12.8 Å². The SMILES string of the molecule is Cc1nnc2n1CC(C(=O)NCC(N)c1ccc(C(C)C)cc1)CC2. The number of hydrogen-bond acceptors (Lipinski definition) is 4. The van der Waals surface area contributed by atoms with Crippen molar-refractivity contribution in [2.24, 2.45) is 11.7 Å². The van der Waals surface area contributed by atoms with Gasteiger partial charge >= 0.3 is 0 Å². The molecule has 0 fully saturated rings. The maximum Gasteiger partial charge on any atom is 0.224 e. The largest absolute Gasteiger partial charge is 0.354 e. The standard InChI is InChI=1S/C19H27N5O/c1-12(2)14-4-6-15(7-5-14)17(20)10-21-19(25)16-8-9-18-23-22-13(3)24(18)11-16/h4-7,12,16-17H,8-11,20H2,1-3H3,(H,21,25). The van der Waals surface area contributed by atoms with Gasteiger partial charge in [-0.1, -0.05) is 38.1 Å². The highest BCUT2D eigenvalue weighted by Gasteiger charge is 2.26. The zero-order valence-electron chi connectivity index (χ0n) is 15.2. The number of nitrogens with zero attached hydrogens (tertiary/aromatic N) is 3. The van der Waals surface area contributed by atoms with Crippen LogP contribution in [0.4, 0.5) is 0 Å². The van der Waals surface area contributed by atoms with E-state index in [0.717, 1.165) is 30.1 Å². The third-order valence-corrected chi connectivity index (χ3v) is 5.03. The minimum Gasteiger partial charge on any atom is -0.354 e. The van der Waals surface area contributed by atoms with Gasteiger partial charge in [0.15, 0.2) is 0 Å². The number of amides is 1. The van der Waals surface area contributed by atoms with E-state index in [9.17, 15) is 4.79 Å². The number of nitrogens with one attached hydrogen (secondary N) is 1. The van der Waals surface area contributed by atoms with Crippen LogP contribution >= 0.6 is 0 Å². The molecule has 1 amide bonds. The first-order valence-corrected chi connectivity index (χ1v) is 8.97. The summed E-state index contributed by atoms with van der Waals surface area (Å²) in [5.74, 6) is 2.37. The first-order valence-electron chi connectivity index (χ1n) is 8.97. The van der Waals surface area contributed by atoms with E-state index in [1.165, 1.54) is 5.56 Å². The number of aryl methyl sites for hydroxylation is 2. The molecular weight excluding hydrogens is 314 g/mol. The molecular formula is C19H27N5O. The Labute approximate surface area is 148 Å². The molecule has 2 atom stereocenters. The highest BCUT2D eigenvalue weighted by molar-refractivity contribution is 5.78. The molecule has 6 heteroatoms. The van der Waals surface area contributed by atoms with Crippen molar-refractivity contribution >= 4 is 5.91 Å². The van der Waals surface area contributed by atoms with Gasteiger partial charge in [-0.25, -0.2) is 0 Å². The molecule has 1 aliphatic rings. The highest BCUT2D eigenvalue weighted by atomic mass is 16.1. The quantitative estimate of drug-likeness (QED) is 0.872. The smallest absolute Gasteiger partial charge is 0.224 e. The van der Waals surface area contributed by atoms with Gasteiger partial charge < -0.3 is 15.6 Å². The highest BCUT2D eigenvalue weighted by Crippen LogP contribution is 2.21. The molecule has 3 N–H and O–H groups in total. The molecule has 1 aromatic heterocycles. The number of hydrogen-bond donors (Lipinski definition) is 2. The fourth-order valence-corrected chi connectivity index (χ4v) is 3.28. The van der Waals surface area contributed by atoms with Crippen molar-refractivity contribution in [2.45, 2.75) is 52.1 Å². The van der Waals surface area contributed by atoms with Crippen molar-refractivity contribution in [2.75, 3.05) is 6.54 Å². The van der Waals surface area contributed by atoms with Gasteiger partial charge in [0.05, 0.1) is 5.92 Å². The molecule has 1 aromatic carbocycles. The van der Waals surface area contributed by atoms with E-state index >= 15 is 0 Å². The van der Waals surface area contributed by atoms with Gasteiger partial charge in [0, 0.05) is 25.6 Å². The number of benzene rings is 1. The summed E-state index contributed by atoms with van der Waals surface area (Å²) in [4.78, 5) is 12.5. The van der Waals surface area contributed by atoms with Gasteiger partial charge in [-0.2, -0.15) is 0 Å². The van der Waals surface area contributed by atoms with E-state index in [1.54, 1.807) is 0 Å². The Bertz CT molecular complexity index is 735. The third kappa shape index (κ3) is 3.90. The van der Waals surface area contributed by atoms with Gasteiger partial charge in [-0.3, -0.25) is 4.79 Å². The molecule has 0 aliphatic carbocycles. The monoisotopic (exact) mass is 341 g/mol. The zero-order valence-corrected chi connectivity index (χ0v) is 15.2. The summed E-state index contributed by atoms with van der Waals surface area (Å²) in [6.45, 7) is 7.36. The molecule has 0 saturated heterocycles. The Hall–Kier alpha value is -2.21. The van der Waals surface area contributed by atoms with E-state index < -0.39 is 0 Å². The molecule has 134 valence electrons. The molecule has 0 bridgehead atoms. The topological polar surface area (TPSA) is 85.8 Å². The van der Waals surface area contributed by atoms with E-state index in [4.69, 9.17) is 5.73 Å². The predicted molar refractivity (Wildman–Crippen MR) is 97.0 cm³/mol. The Balaban J connectivity index is 1.54. The number of carbonyl (C=O) groups is 1. The Morgan fingerprint density at radius 2 is 1.96 bits per heavy atom. The molecule has 2 unspecified atom stereocenters. The number of nitrogens with two attached hydrogens (primary N) is 1. The summed E-state index contributed by atoms with van der Waals surface area (Å²) in [6.07, 6.45) is 1.60. The van der Waals surface area contributed by atoms with E-state index in [1.807, 2.05) is 11.5 Å². The number of rotatable bonds is 5. The van der Waals surface area contributed by atoms with Crippen LogP contribution in [0.3, 0.4) is 0 Å². The van der Waals surface area contributed by atoms with Crippen LogP contribution in [0.25, 0.3) is 0 Å². The lowest BCUT2D eigenvalue weighted by Crippen LogP contribution is -2.39. The summed E-state index contributed by atoms with van der Waals surface area (Å²) >= 11 is 0. The fourth-order valence-electron chi connectivity index (χ4n) is 3.28. The van der Waals surface area contributed by atoms with Crippen molar-refractivity contribution in [1.82, 2.24) is 20.1 Å². The van der Waals surface area contributed by atoms with E-state index in [0.29, 0.717) is 19.0 Å². The van der Waals surface area contributed by atoms with Crippen LogP contribution in [-0.4, -0.2) is 27.2 Å². The Kier molecular flexibility index (Phi) is 5.18.